The van der Waals surface area contributed by atoms with Crippen LogP contribution >= 0.6 is 26.6 Å². The number of hydrogen-bond acceptors (Lipinski definition) is 4. The number of halogens is 5. The molecule has 114 valence electrons. The van der Waals surface area contributed by atoms with Crippen molar-refractivity contribution < 1.29 is 31.1 Å². The van der Waals surface area contributed by atoms with Gasteiger partial charge < -0.3 is 9.47 Å². The summed E-state index contributed by atoms with van der Waals surface area (Å²) in [5.41, 5.74) is 0. The van der Waals surface area contributed by atoms with E-state index >= 15 is 0 Å². The van der Waals surface area contributed by atoms with Gasteiger partial charge in [-0.2, -0.15) is 13.2 Å². The van der Waals surface area contributed by atoms with E-state index < -0.39 is 21.8 Å². The molecule has 0 N–H and O–H groups in total. The van der Waals surface area contributed by atoms with Crippen molar-refractivity contribution in [1.29, 1.82) is 0 Å². The van der Waals surface area contributed by atoms with E-state index in [1.165, 1.54) is 18.2 Å². The van der Waals surface area contributed by atoms with Crippen LogP contribution in [0.25, 0.3) is 0 Å². The van der Waals surface area contributed by atoms with Crippen LogP contribution in [0, 0.1) is 0 Å². The van der Waals surface area contributed by atoms with Crippen molar-refractivity contribution in [3.8, 4) is 5.75 Å². The summed E-state index contributed by atoms with van der Waals surface area (Å²) in [6.07, 6.45) is -4.41. The van der Waals surface area contributed by atoms with Gasteiger partial charge in [-0.05, 0) is 18.2 Å². The lowest BCUT2D eigenvalue weighted by Gasteiger charge is -2.11. The highest BCUT2D eigenvalue weighted by molar-refractivity contribution is 9.10. The van der Waals surface area contributed by atoms with Gasteiger partial charge in [0.15, 0.2) is 0 Å². The molecule has 0 atom stereocenters. The Morgan fingerprint density at radius 3 is 2.45 bits per heavy atom. The largest absolute Gasteiger partial charge is 0.490 e. The summed E-state index contributed by atoms with van der Waals surface area (Å²) in [7, 11) is 1.20. The smallest absolute Gasteiger partial charge is 0.411 e. The van der Waals surface area contributed by atoms with Crippen molar-refractivity contribution in [2.24, 2.45) is 0 Å². The average Bonchev–Trinajstić information content (AvgIpc) is 2.27. The van der Waals surface area contributed by atoms with Crippen LogP contribution in [0.5, 0.6) is 5.75 Å². The Labute approximate surface area is 126 Å². The standard InChI is InChI=1S/C10H9BrClF3O4S/c11-7-1-2-8(9(5-7)20(12,16)17)19-4-3-18-6-10(13,14)15/h1-2,5H,3-4,6H2. The number of benzene rings is 1. The van der Waals surface area contributed by atoms with E-state index in [1.54, 1.807) is 0 Å². The van der Waals surface area contributed by atoms with Gasteiger partial charge >= 0.3 is 6.18 Å². The number of hydrogen-bond donors (Lipinski definition) is 0. The van der Waals surface area contributed by atoms with Gasteiger partial charge in [0.25, 0.3) is 9.05 Å². The van der Waals surface area contributed by atoms with Crippen LogP contribution in [-0.2, 0) is 13.8 Å². The van der Waals surface area contributed by atoms with E-state index in [-0.39, 0.29) is 23.9 Å². The van der Waals surface area contributed by atoms with Gasteiger partial charge in [-0.1, -0.05) is 15.9 Å². The van der Waals surface area contributed by atoms with Crippen molar-refractivity contribution in [3.63, 3.8) is 0 Å². The van der Waals surface area contributed by atoms with Crippen LogP contribution in [0.2, 0.25) is 0 Å². The zero-order chi connectivity index (χ0) is 15.4. The molecule has 0 aliphatic heterocycles. The maximum Gasteiger partial charge on any atom is 0.411 e. The molecule has 0 radical (unpaired) electrons. The van der Waals surface area contributed by atoms with Crippen LogP contribution in [0.15, 0.2) is 27.6 Å². The molecule has 10 heteroatoms. The maximum atomic E-state index is 11.8. The Balaban J connectivity index is 2.61. The molecule has 0 spiro atoms. The van der Waals surface area contributed by atoms with Gasteiger partial charge in [-0.15, -0.1) is 0 Å². The van der Waals surface area contributed by atoms with Crippen molar-refractivity contribution in [2.75, 3.05) is 19.8 Å². The Morgan fingerprint density at radius 1 is 1.25 bits per heavy atom. The molecule has 0 aliphatic rings. The Hall–Kier alpha value is -0.510. The first kappa shape index (κ1) is 17.5. The summed E-state index contributed by atoms with van der Waals surface area (Å²) < 4.78 is 67.9. The van der Waals surface area contributed by atoms with Crippen LogP contribution in [0.4, 0.5) is 13.2 Å². The Morgan fingerprint density at radius 2 is 1.90 bits per heavy atom. The van der Waals surface area contributed by atoms with Gasteiger partial charge in [-0.3, -0.25) is 0 Å². The van der Waals surface area contributed by atoms with Crippen LogP contribution in [0.1, 0.15) is 0 Å². The van der Waals surface area contributed by atoms with Crippen LogP contribution in [0.3, 0.4) is 0 Å². The molecule has 1 aromatic carbocycles. The topological polar surface area (TPSA) is 52.6 Å². The van der Waals surface area contributed by atoms with Gasteiger partial charge in [0.2, 0.25) is 0 Å². The second kappa shape index (κ2) is 6.97. The normalized spacial score (nSPS) is 12.4. The summed E-state index contributed by atoms with van der Waals surface area (Å²) in [4.78, 5) is -0.274. The van der Waals surface area contributed by atoms with E-state index in [0.29, 0.717) is 4.47 Å². The molecule has 0 amide bonds. The minimum Gasteiger partial charge on any atom is -0.490 e. The predicted octanol–water partition coefficient (Wildman–Crippen LogP) is 3.33. The highest BCUT2D eigenvalue weighted by Gasteiger charge is 2.27. The number of rotatable bonds is 6. The van der Waals surface area contributed by atoms with Crippen molar-refractivity contribution in [2.45, 2.75) is 11.1 Å². The van der Waals surface area contributed by atoms with Crippen molar-refractivity contribution in [1.82, 2.24) is 0 Å². The molecule has 0 bridgehead atoms. The summed E-state index contributed by atoms with van der Waals surface area (Å²) in [6.45, 7) is -1.97. The van der Waals surface area contributed by atoms with Crippen molar-refractivity contribution in [3.05, 3.63) is 22.7 Å². The van der Waals surface area contributed by atoms with E-state index in [4.69, 9.17) is 15.4 Å². The summed E-state index contributed by atoms with van der Waals surface area (Å²) in [6, 6.07) is 4.08. The Bertz CT molecular complexity index is 562. The zero-order valence-corrected chi connectivity index (χ0v) is 12.9. The zero-order valence-electron chi connectivity index (χ0n) is 9.78. The Kier molecular flexibility index (Phi) is 6.11. The number of alkyl halides is 3. The van der Waals surface area contributed by atoms with Gasteiger partial charge in [0, 0.05) is 15.2 Å². The molecule has 0 saturated carbocycles. The highest BCUT2D eigenvalue weighted by atomic mass is 79.9. The van der Waals surface area contributed by atoms with Crippen LogP contribution in [-0.4, -0.2) is 34.4 Å². The molecular formula is C10H9BrClF3O4S. The minimum absolute atomic E-state index is 0.0567. The molecule has 4 nitrogen and oxygen atoms in total. The predicted molar refractivity (Wildman–Crippen MR) is 69.5 cm³/mol. The van der Waals surface area contributed by atoms with Crippen LogP contribution < -0.4 is 4.74 Å². The molecule has 0 aliphatic carbocycles. The van der Waals surface area contributed by atoms with E-state index in [2.05, 4.69) is 20.7 Å². The lowest BCUT2D eigenvalue weighted by Crippen LogP contribution is -2.19. The van der Waals surface area contributed by atoms with Crippen molar-refractivity contribution >= 4 is 35.7 Å². The molecule has 0 heterocycles. The fourth-order valence-electron chi connectivity index (χ4n) is 1.19. The third-order valence-electron chi connectivity index (χ3n) is 1.92. The second-order valence-corrected chi connectivity index (χ2v) is 7.00. The summed E-state index contributed by atoms with van der Waals surface area (Å²) in [5, 5.41) is 0. The lowest BCUT2D eigenvalue weighted by atomic mass is 10.3. The molecule has 0 saturated heterocycles. The fraction of sp³-hybridized carbons (Fsp3) is 0.400. The van der Waals surface area contributed by atoms with E-state index in [1.807, 2.05) is 0 Å². The lowest BCUT2D eigenvalue weighted by molar-refractivity contribution is -0.175. The van der Waals surface area contributed by atoms with E-state index in [0.717, 1.165) is 0 Å². The second-order valence-electron chi connectivity index (χ2n) is 3.55. The summed E-state index contributed by atoms with van der Waals surface area (Å²) >= 11 is 3.08. The van der Waals surface area contributed by atoms with Gasteiger partial charge in [0.05, 0.1) is 6.61 Å². The molecule has 20 heavy (non-hydrogen) atoms. The molecule has 1 aromatic rings. The molecular weight excluding hydrogens is 389 g/mol. The third-order valence-corrected chi connectivity index (χ3v) is 3.76. The minimum atomic E-state index is -4.41. The quantitative estimate of drug-likeness (QED) is 0.546. The first-order chi connectivity index (χ1) is 9.09. The van der Waals surface area contributed by atoms with Gasteiger partial charge in [0.1, 0.15) is 23.9 Å². The molecule has 0 fully saturated rings. The third kappa shape index (κ3) is 6.29. The van der Waals surface area contributed by atoms with E-state index in [9.17, 15) is 21.6 Å². The molecule has 0 aromatic heterocycles. The number of ether oxygens (including phenoxy) is 2. The van der Waals surface area contributed by atoms with Gasteiger partial charge in [-0.25, -0.2) is 8.42 Å². The maximum absolute atomic E-state index is 11.8. The average molecular weight is 398 g/mol. The molecule has 0 unspecified atom stereocenters. The fourth-order valence-corrected chi connectivity index (χ4v) is 2.70. The first-order valence-corrected chi connectivity index (χ1v) is 8.21. The first-order valence-electron chi connectivity index (χ1n) is 5.11. The molecule has 1 rings (SSSR count). The monoisotopic (exact) mass is 396 g/mol. The SMILES string of the molecule is O=S(=O)(Cl)c1cc(Br)ccc1OCCOCC(F)(F)F. The highest BCUT2D eigenvalue weighted by Crippen LogP contribution is 2.30. The summed E-state index contributed by atoms with van der Waals surface area (Å²) in [5.74, 6) is -0.0567.